The van der Waals surface area contributed by atoms with Crippen molar-refractivity contribution in [2.24, 2.45) is 11.3 Å². The Morgan fingerprint density at radius 2 is 1.47 bits per heavy atom. The SMILES string of the molecule is CC(C)(C)OC(=O)N1C(=O)[C@H](C(=O)C(C)(C)C)C[C@@H]1Cc1ccc(-c2ccccc2)cc1. The van der Waals surface area contributed by atoms with Crippen molar-refractivity contribution in [3.8, 4) is 11.1 Å². The highest BCUT2D eigenvalue weighted by molar-refractivity contribution is 6.09. The number of amides is 2. The molecule has 1 aliphatic heterocycles. The maximum Gasteiger partial charge on any atom is 0.417 e. The van der Waals surface area contributed by atoms with Gasteiger partial charge >= 0.3 is 6.09 Å². The van der Waals surface area contributed by atoms with Gasteiger partial charge in [0, 0.05) is 11.5 Å². The maximum absolute atomic E-state index is 13.2. The minimum absolute atomic E-state index is 0.141. The van der Waals surface area contributed by atoms with E-state index in [1.54, 1.807) is 41.5 Å². The van der Waals surface area contributed by atoms with Crippen LogP contribution in [0.15, 0.2) is 54.6 Å². The predicted octanol–water partition coefficient (Wildman–Crippen LogP) is 5.66. The molecule has 2 amide bonds. The third-order valence-electron chi connectivity index (χ3n) is 5.59. The molecule has 0 aliphatic carbocycles. The molecule has 3 rings (SSSR count). The van der Waals surface area contributed by atoms with Crippen LogP contribution in [0.3, 0.4) is 0 Å². The third kappa shape index (κ3) is 5.45. The fourth-order valence-electron chi connectivity index (χ4n) is 4.03. The van der Waals surface area contributed by atoms with Crippen molar-refractivity contribution in [2.45, 2.75) is 66.0 Å². The van der Waals surface area contributed by atoms with E-state index in [9.17, 15) is 14.4 Å². The molecule has 5 nitrogen and oxygen atoms in total. The highest BCUT2D eigenvalue weighted by Gasteiger charge is 2.49. The second-order valence-corrected chi connectivity index (χ2v) is 10.5. The summed E-state index contributed by atoms with van der Waals surface area (Å²) in [5.74, 6) is -1.42. The van der Waals surface area contributed by atoms with Gasteiger partial charge in [0.15, 0.2) is 5.78 Å². The molecule has 1 saturated heterocycles. The summed E-state index contributed by atoms with van der Waals surface area (Å²) in [5.41, 5.74) is 1.83. The number of Topliss-reactive ketones (excluding diaryl/α,β-unsaturated/α-hetero) is 1. The van der Waals surface area contributed by atoms with Gasteiger partial charge in [-0.2, -0.15) is 0 Å². The van der Waals surface area contributed by atoms with Gasteiger partial charge < -0.3 is 4.74 Å². The molecule has 0 radical (unpaired) electrons. The number of carbonyl (C=O) groups is 3. The summed E-state index contributed by atoms with van der Waals surface area (Å²) >= 11 is 0. The number of imide groups is 1. The van der Waals surface area contributed by atoms with Crippen LogP contribution < -0.4 is 0 Å². The Kier molecular flexibility index (Phi) is 6.59. The van der Waals surface area contributed by atoms with E-state index in [1.165, 1.54) is 4.90 Å². The molecule has 2 aromatic rings. The number of hydrogen-bond donors (Lipinski definition) is 0. The van der Waals surface area contributed by atoms with Crippen LogP contribution >= 0.6 is 0 Å². The van der Waals surface area contributed by atoms with Crippen LogP contribution in [0.5, 0.6) is 0 Å². The highest BCUT2D eigenvalue weighted by atomic mass is 16.6. The average molecular weight is 436 g/mol. The zero-order chi connectivity index (χ0) is 23.7. The van der Waals surface area contributed by atoms with Gasteiger partial charge in [0.2, 0.25) is 5.91 Å². The number of ether oxygens (including phenoxy) is 1. The number of benzene rings is 2. The third-order valence-corrected chi connectivity index (χ3v) is 5.59. The van der Waals surface area contributed by atoms with Crippen molar-refractivity contribution in [3.63, 3.8) is 0 Å². The molecule has 32 heavy (non-hydrogen) atoms. The molecule has 1 aliphatic rings. The highest BCUT2D eigenvalue weighted by Crippen LogP contribution is 2.34. The normalized spacial score (nSPS) is 19.2. The quantitative estimate of drug-likeness (QED) is 0.581. The molecule has 0 bridgehead atoms. The summed E-state index contributed by atoms with van der Waals surface area (Å²) in [6.45, 7) is 10.7. The van der Waals surface area contributed by atoms with Crippen LogP contribution in [-0.4, -0.2) is 34.3 Å². The summed E-state index contributed by atoms with van der Waals surface area (Å²) in [6.07, 6.45) is 0.111. The Bertz CT molecular complexity index is 981. The molecular weight excluding hydrogens is 402 g/mol. The smallest absolute Gasteiger partial charge is 0.417 e. The molecule has 2 aromatic carbocycles. The Morgan fingerprint density at radius 1 is 0.906 bits per heavy atom. The number of nitrogens with zero attached hydrogens (tertiary/aromatic N) is 1. The summed E-state index contributed by atoms with van der Waals surface area (Å²) in [5, 5.41) is 0. The van der Waals surface area contributed by atoms with Crippen LogP contribution in [0.2, 0.25) is 0 Å². The summed E-state index contributed by atoms with van der Waals surface area (Å²) in [4.78, 5) is 40.2. The molecule has 0 spiro atoms. The number of rotatable bonds is 4. The Balaban J connectivity index is 1.85. The van der Waals surface area contributed by atoms with E-state index in [0.29, 0.717) is 12.8 Å². The van der Waals surface area contributed by atoms with Crippen LogP contribution in [-0.2, 0) is 20.7 Å². The van der Waals surface area contributed by atoms with E-state index >= 15 is 0 Å². The van der Waals surface area contributed by atoms with Crippen LogP contribution in [0.25, 0.3) is 11.1 Å². The molecule has 170 valence electrons. The fraction of sp³-hybridized carbons (Fsp3) is 0.444. The molecule has 2 atom stereocenters. The van der Waals surface area contributed by atoms with Crippen molar-refractivity contribution in [1.29, 1.82) is 0 Å². The van der Waals surface area contributed by atoms with Gasteiger partial charge in [-0.05, 0) is 50.3 Å². The summed E-state index contributed by atoms with van der Waals surface area (Å²) in [7, 11) is 0. The molecule has 0 N–H and O–H groups in total. The van der Waals surface area contributed by atoms with E-state index < -0.39 is 35.0 Å². The Labute approximate surface area is 190 Å². The molecule has 5 heteroatoms. The Morgan fingerprint density at radius 3 is 2.00 bits per heavy atom. The van der Waals surface area contributed by atoms with E-state index in [2.05, 4.69) is 12.1 Å². The molecule has 1 heterocycles. The first-order valence-electron chi connectivity index (χ1n) is 11.1. The van der Waals surface area contributed by atoms with Gasteiger partial charge in [0.25, 0.3) is 0 Å². The molecule has 0 saturated carbocycles. The lowest BCUT2D eigenvalue weighted by Crippen LogP contribution is -2.44. The second-order valence-electron chi connectivity index (χ2n) is 10.5. The van der Waals surface area contributed by atoms with Crippen molar-refractivity contribution in [2.75, 3.05) is 0 Å². The Hall–Kier alpha value is -2.95. The first-order valence-corrected chi connectivity index (χ1v) is 11.1. The van der Waals surface area contributed by atoms with Gasteiger partial charge in [-0.15, -0.1) is 0 Å². The van der Waals surface area contributed by atoms with Crippen molar-refractivity contribution in [1.82, 2.24) is 4.90 Å². The standard InChI is InChI=1S/C27H33NO4/c1-26(2,3)23(29)22-17-21(28(24(22)30)25(31)32-27(4,5)6)16-18-12-14-20(15-13-18)19-10-8-7-9-11-19/h7-15,21-22H,16-17H2,1-6H3/t21-,22-/m0/s1. The zero-order valence-corrected chi connectivity index (χ0v) is 19.8. The maximum atomic E-state index is 13.2. The monoisotopic (exact) mass is 435 g/mol. The molecular formula is C27H33NO4. The number of ketones is 1. The lowest BCUT2D eigenvalue weighted by molar-refractivity contribution is -0.140. The number of hydrogen-bond acceptors (Lipinski definition) is 4. The van der Waals surface area contributed by atoms with Crippen molar-refractivity contribution in [3.05, 3.63) is 60.2 Å². The lowest BCUT2D eigenvalue weighted by Gasteiger charge is -2.27. The van der Waals surface area contributed by atoms with Crippen LogP contribution in [0, 0.1) is 11.3 Å². The largest absolute Gasteiger partial charge is 0.443 e. The topological polar surface area (TPSA) is 63.7 Å². The van der Waals surface area contributed by atoms with Gasteiger partial charge in [-0.3, -0.25) is 9.59 Å². The minimum Gasteiger partial charge on any atom is -0.443 e. The summed E-state index contributed by atoms with van der Waals surface area (Å²) < 4.78 is 5.51. The first-order chi connectivity index (χ1) is 14.9. The van der Waals surface area contributed by atoms with E-state index in [-0.39, 0.29) is 5.78 Å². The minimum atomic E-state index is -0.823. The molecule has 1 fully saturated rings. The van der Waals surface area contributed by atoms with E-state index in [4.69, 9.17) is 4.74 Å². The number of likely N-dealkylation sites (tertiary alicyclic amines) is 1. The molecule has 0 aromatic heterocycles. The number of carbonyl (C=O) groups excluding carboxylic acids is 3. The van der Waals surface area contributed by atoms with Gasteiger partial charge in [-0.1, -0.05) is 75.4 Å². The van der Waals surface area contributed by atoms with Crippen molar-refractivity contribution >= 4 is 17.8 Å². The second kappa shape index (κ2) is 8.89. The van der Waals surface area contributed by atoms with Gasteiger partial charge in [-0.25, -0.2) is 9.69 Å². The van der Waals surface area contributed by atoms with Gasteiger partial charge in [0.1, 0.15) is 5.60 Å². The van der Waals surface area contributed by atoms with E-state index in [0.717, 1.165) is 16.7 Å². The van der Waals surface area contributed by atoms with Crippen LogP contribution in [0.1, 0.15) is 53.5 Å². The average Bonchev–Trinajstić information content (AvgIpc) is 3.02. The summed E-state index contributed by atoms with van der Waals surface area (Å²) in [6, 6.07) is 17.8. The fourth-order valence-corrected chi connectivity index (χ4v) is 4.03. The zero-order valence-electron chi connectivity index (χ0n) is 19.8. The first kappa shape index (κ1) is 23.7. The van der Waals surface area contributed by atoms with Crippen LogP contribution in [0.4, 0.5) is 4.79 Å². The van der Waals surface area contributed by atoms with Crippen molar-refractivity contribution < 1.29 is 19.1 Å². The van der Waals surface area contributed by atoms with E-state index in [1.807, 2.05) is 42.5 Å². The lowest BCUT2D eigenvalue weighted by atomic mass is 9.81. The van der Waals surface area contributed by atoms with Gasteiger partial charge in [0.05, 0.1) is 5.92 Å². The molecule has 0 unspecified atom stereocenters. The predicted molar refractivity (Wildman–Crippen MR) is 125 cm³/mol.